The van der Waals surface area contributed by atoms with Gasteiger partial charge in [-0.05, 0) is 50.0 Å². The van der Waals surface area contributed by atoms with Crippen LogP contribution in [-0.4, -0.2) is 30.2 Å². The van der Waals surface area contributed by atoms with E-state index in [1.54, 1.807) is 0 Å². The standard InChI is InChI=1S/C21H28F2N2O2/c1-3-6-15(18(13-24)7-4-2)10-11-19(26)14-25-21(27)17-9-5-8-16(12-17)20(22)23/h3-9,12,19-20,26H,10-11,13-14,24H2,1-2H3,(H,25,27)/b6-3-,7-4-,18-15-. The van der Waals surface area contributed by atoms with Crippen LogP contribution < -0.4 is 11.1 Å². The molecule has 0 aliphatic heterocycles. The highest BCUT2D eigenvalue weighted by Crippen LogP contribution is 2.19. The van der Waals surface area contributed by atoms with E-state index in [0.29, 0.717) is 19.4 Å². The van der Waals surface area contributed by atoms with Gasteiger partial charge in [0.1, 0.15) is 0 Å². The van der Waals surface area contributed by atoms with Gasteiger partial charge in [0.25, 0.3) is 12.3 Å². The molecule has 4 N–H and O–H groups in total. The van der Waals surface area contributed by atoms with E-state index in [4.69, 9.17) is 5.73 Å². The lowest BCUT2D eigenvalue weighted by Gasteiger charge is -2.14. The molecule has 0 heterocycles. The summed E-state index contributed by atoms with van der Waals surface area (Å²) in [5.41, 5.74) is 7.75. The molecule has 148 valence electrons. The van der Waals surface area contributed by atoms with Gasteiger partial charge in [-0.15, -0.1) is 0 Å². The highest BCUT2D eigenvalue weighted by atomic mass is 19.3. The maximum atomic E-state index is 12.7. The number of carbonyl (C=O) groups is 1. The Balaban J connectivity index is 2.63. The number of halogens is 2. The minimum Gasteiger partial charge on any atom is -0.391 e. The summed E-state index contributed by atoms with van der Waals surface area (Å²) in [6.45, 7) is 4.27. The lowest BCUT2D eigenvalue weighted by atomic mass is 10.00. The molecule has 0 aliphatic carbocycles. The normalized spacial score (nSPS) is 14.0. The molecule has 1 atom stereocenters. The first-order chi connectivity index (χ1) is 12.9. The van der Waals surface area contributed by atoms with E-state index in [-0.39, 0.29) is 17.7 Å². The van der Waals surface area contributed by atoms with E-state index in [2.05, 4.69) is 5.32 Å². The van der Waals surface area contributed by atoms with Crippen molar-refractivity contribution in [1.82, 2.24) is 5.32 Å². The molecule has 0 aliphatic rings. The average Bonchev–Trinajstić information content (AvgIpc) is 2.67. The Labute approximate surface area is 159 Å². The molecular weight excluding hydrogens is 350 g/mol. The van der Waals surface area contributed by atoms with Crippen molar-refractivity contribution in [3.05, 3.63) is 70.8 Å². The number of allylic oxidation sites excluding steroid dienone is 4. The molecular formula is C21H28F2N2O2. The van der Waals surface area contributed by atoms with Crippen LogP contribution in [0, 0.1) is 0 Å². The second-order valence-electron chi connectivity index (χ2n) is 6.08. The summed E-state index contributed by atoms with van der Waals surface area (Å²) in [5.74, 6) is -0.489. The van der Waals surface area contributed by atoms with Gasteiger partial charge in [0, 0.05) is 24.2 Å². The van der Waals surface area contributed by atoms with Crippen LogP contribution in [0.25, 0.3) is 0 Å². The molecule has 0 saturated heterocycles. The van der Waals surface area contributed by atoms with Gasteiger partial charge in [-0.3, -0.25) is 4.79 Å². The number of aliphatic hydroxyl groups is 1. The first kappa shape index (κ1) is 22.7. The number of alkyl halides is 2. The number of hydrogen-bond donors (Lipinski definition) is 3. The highest BCUT2D eigenvalue weighted by molar-refractivity contribution is 5.94. The van der Waals surface area contributed by atoms with E-state index in [1.807, 2.05) is 38.2 Å². The molecule has 0 bridgehead atoms. The predicted molar refractivity (Wildman–Crippen MR) is 105 cm³/mol. The molecule has 0 saturated carbocycles. The zero-order chi connectivity index (χ0) is 20.2. The summed E-state index contributed by atoms with van der Waals surface area (Å²) in [6.07, 6.45) is 5.40. The van der Waals surface area contributed by atoms with Gasteiger partial charge in [-0.2, -0.15) is 0 Å². The fourth-order valence-electron chi connectivity index (χ4n) is 2.61. The fraction of sp³-hybridized carbons (Fsp3) is 0.381. The molecule has 27 heavy (non-hydrogen) atoms. The summed E-state index contributed by atoms with van der Waals surface area (Å²) in [7, 11) is 0. The molecule has 1 rings (SSSR count). The lowest BCUT2D eigenvalue weighted by Crippen LogP contribution is -2.32. The van der Waals surface area contributed by atoms with Crippen LogP contribution in [0.5, 0.6) is 0 Å². The molecule has 0 radical (unpaired) electrons. The van der Waals surface area contributed by atoms with Gasteiger partial charge < -0.3 is 16.2 Å². The third-order valence-electron chi connectivity index (χ3n) is 4.01. The molecule has 1 amide bonds. The number of aliphatic hydroxyl groups excluding tert-OH is 1. The third kappa shape index (κ3) is 7.85. The Morgan fingerprint density at radius 3 is 2.48 bits per heavy atom. The van der Waals surface area contributed by atoms with Crippen molar-refractivity contribution in [2.24, 2.45) is 5.73 Å². The lowest BCUT2D eigenvalue weighted by molar-refractivity contribution is 0.0910. The minimum atomic E-state index is -2.63. The molecule has 1 aromatic carbocycles. The molecule has 1 aromatic rings. The van der Waals surface area contributed by atoms with Crippen molar-refractivity contribution in [2.45, 2.75) is 39.2 Å². The van der Waals surface area contributed by atoms with Crippen LogP contribution in [-0.2, 0) is 0 Å². The van der Waals surface area contributed by atoms with Crippen LogP contribution in [0.1, 0.15) is 49.0 Å². The molecule has 0 fully saturated rings. The Kier molecular flexibility index (Phi) is 10.2. The van der Waals surface area contributed by atoms with Gasteiger partial charge in [0.15, 0.2) is 0 Å². The zero-order valence-corrected chi connectivity index (χ0v) is 15.8. The quantitative estimate of drug-likeness (QED) is 0.541. The summed E-state index contributed by atoms with van der Waals surface area (Å²) in [6, 6.07) is 5.30. The number of carbonyl (C=O) groups excluding carboxylic acids is 1. The van der Waals surface area contributed by atoms with Crippen molar-refractivity contribution in [2.75, 3.05) is 13.1 Å². The van der Waals surface area contributed by atoms with Crippen molar-refractivity contribution in [3.8, 4) is 0 Å². The maximum absolute atomic E-state index is 12.7. The number of rotatable bonds is 10. The topological polar surface area (TPSA) is 75.3 Å². The second kappa shape index (κ2) is 12.1. The first-order valence-corrected chi connectivity index (χ1v) is 8.94. The van der Waals surface area contributed by atoms with Gasteiger partial charge in [0.05, 0.1) is 6.10 Å². The van der Waals surface area contributed by atoms with E-state index in [9.17, 15) is 18.7 Å². The molecule has 0 spiro atoms. The van der Waals surface area contributed by atoms with E-state index in [0.717, 1.165) is 17.2 Å². The fourth-order valence-corrected chi connectivity index (χ4v) is 2.61. The van der Waals surface area contributed by atoms with Crippen LogP contribution >= 0.6 is 0 Å². The zero-order valence-electron chi connectivity index (χ0n) is 15.8. The van der Waals surface area contributed by atoms with E-state index >= 15 is 0 Å². The predicted octanol–water partition coefficient (Wildman–Crippen LogP) is 3.90. The van der Waals surface area contributed by atoms with Gasteiger partial charge in [0.2, 0.25) is 0 Å². The third-order valence-corrected chi connectivity index (χ3v) is 4.01. The van der Waals surface area contributed by atoms with Crippen molar-refractivity contribution in [3.63, 3.8) is 0 Å². The van der Waals surface area contributed by atoms with E-state index < -0.39 is 18.4 Å². The second-order valence-corrected chi connectivity index (χ2v) is 6.08. The Hall–Kier alpha value is -2.31. The maximum Gasteiger partial charge on any atom is 0.263 e. The molecule has 6 heteroatoms. The van der Waals surface area contributed by atoms with Crippen LogP contribution in [0.2, 0.25) is 0 Å². The Bertz CT molecular complexity index is 697. The first-order valence-electron chi connectivity index (χ1n) is 8.94. The molecule has 1 unspecified atom stereocenters. The Morgan fingerprint density at radius 1 is 1.22 bits per heavy atom. The van der Waals surface area contributed by atoms with Crippen molar-refractivity contribution >= 4 is 5.91 Å². The Morgan fingerprint density at radius 2 is 1.89 bits per heavy atom. The van der Waals surface area contributed by atoms with Gasteiger partial charge in [-0.25, -0.2) is 8.78 Å². The highest BCUT2D eigenvalue weighted by Gasteiger charge is 2.13. The number of hydrogen-bond acceptors (Lipinski definition) is 3. The van der Waals surface area contributed by atoms with Crippen LogP contribution in [0.3, 0.4) is 0 Å². The molecule has 0 aromatic heterocycles. The summed E-state index contributed by atoms with van der Waals surface area (Å²) < 4.78 is 25.4. The van der Waals surface area contributed by atoms with Gasteiger partial charge >= 0.3 is 0 Å². The number of nitrogens with one attached hydrogen (secondary N) is 1. The number of nitrogens with two attached hydrogens (primary N) is 1. The average molecular weight is 378 g/mol. The van der Waals surface area contributed by atoms with E-state index in [1.165, 1.54) is 18.2 Å². The summed E-state index contributed by atoms with van der Waals surface area (Å²) in [5, 5.41) is 12.7. The van der Waals surface area contributed by atoms with Crippen LogP contribution in [0.4, 0.5) is 8.78 Å². The summed E-state index contributed by atoms with van der Waals surface area (Å²) >= 11 is 0. The summed E-state index contributed by atoms with van der Waals surface area (Å²) in [4.78, 5) is 12.1. The number of amides is 1. The van der Waals surface area contributed by atoms with Crippen molar-refractivity contribution in [1.29, 1.82) is 0 Å². The smallest absolute Gasteiger partial charge is 0.263 e. The van der Waals surface area contributed by atoms with Crippen LogP contribution in [0.15, 0.2) is 59.7 Å². The minimum absolute atomic E-state index is 0.0441. The van der Waals surface area contributed by atoms with Crippen molar-refractivity contribution < 1.29 is 18.7 Å². The molecule has 4 nitrogen and oxygen atoms in total. The number of benzene rings is 1. The largest absolute Gasteiger partial charge is 0.391 e. The van der Waals surface area contributed by atoms with Gasteiger partial charge in [-0.1, -0.05) is 36.4 Å². The monoisotopic (exact) mass is 378 g/mol. The SMILES string of the molecule is C\C=C/C(CN)=C(\C=C/C)CCC(O)CNC(=O)c1cccc(C(F)F)c1.